The van der Waals surface area contributed by atoms with E-state index in [2.05, 4.69) is 5.32 Å². The van der Waals surface area contributed by atoms with Gasteiger partial charge in [-0.3, -0.25) is 4.79 Å². The van der Waals surface area contributed by atoms with Gasteiger partial charge in [-0.1, -0.05) is 0 Å². The van der Waals surface area contributed by atoms with Crippen molar-refractivity contribution in [2.75, 3.05) is 0 Å². The van der Waals surface area contributed by atoms with Crippen molar-refractivity contribution in [2.24, 2.45) is 0 Å². The molecule has 0 bridgehead atoms. The summed E-state index contributed by atoms with van der Waals surface area (Å²) in [6.07, 6.45) is 0. The summed E-state index contributed by atoms with van der Waals surface area (Å²) in [6, 6.07) is 1.91. The minimum atomic E-state index is -0.160. The van der Waals surface area contributed by atoms with Gasteiger partial charge in [0.25, 0.3) is 5.91 Å². The summed E-state index contributed by atoms with van der Waals surface area (Å²) >= 11 is 1.60. The molecule has 1 amide bonds. The molecule has 0 spiro atoms. The summed E-state index contributed by atoms with van der Waals surface area (Å²) in [4.78, 5) is 12.7. The molecular weight excluding hydrogens is 182 g/mol. The largest absolute Gasteiger partial charge is 0.347 e. The molecule has 1 aromatic heterocycles. The van der Waals surface area contributed by atoms with E-state index < -0.39 is 0 Å². The second-order valence-corrected chi connectivity index (χ2v) is 5.27. The minimum Gasteiger partial charge on any atom is -0.347 e. The molecule has 3 heteroatoms. The molecule has 0 aromatic carbocycles. The maximum absolute atomic E-state index is 11.6. The van der Waals surface area contributed by atoms with Gasteiger partial charge in [0, 0.05) is 15.8 Å². The maximum atomic E-state index is 11.6. The Morgan fingerprint density at radius 3 is 2.46 bits per heavy atom. The summed E-state index contributed by atoms with van der Waals surface area (Å²) in [5.41, 5.74) is 0.602. The van der Waals surface area contributed by atoms with Gasteiger partial charge in [-0.2, -0.15) is 0 Å². The molecule has 1 heterocycles. The van der Waals surface area contributed by atoms with E-state index in [9.17, 15) is 4.79 Å². The fraction of sp³-hybridized carbons (Fsp3) is 0.500. The van der Waals surface area contributed by atoms with Gasteiger partial charge in [0.2, 0.25) is 0 Å². The predicted octanol–water partition coefficient (Wildman–Crippen LogP) is 2.58. The average Bonchev–Trinajstić information content (AvgIpc) is 2.31. The predicted molar refractivity (Wildman–Crippen MR) is 56.3 cm³/mol. The van der Waals surface area contributed by atoms with Crippen LogP contribution in [0.1, 0.15) is 36.0 Å². The Hall–Kier alpha value is -0.830. The highest BCUT2D eigenvalue weighted by atomic mass is 32.1. The van der Waals surface area contributed by atoms with Crippen LogP contribution in [0.15, 0.2) is 11.4 Å². The standard InChI is InChI=1S/C10H15NOS/c1-7-5-8(6-13-7)9(12)11-10(2,3)4/h5-6H,1-4H3,(H,11,12). The average molecular weight is 197 g/mol. The number of carbonyl (C=O) groups is 1. The number of nitrogens with one attached hydrogen (secondary N) is 1. The lowest BCUT2D eigenvalue weighted by Crippen LogP contribution is -2.40. The summed E-state index contributed by atoms with van der Waals surface area (Å²) in [5, 5.41) is 4.80. The van der Waals surface area contributed by atoms with Gasteiger partial charge in [0.05, 0.1) is 5.56 Å². The second-order valence-electron chi connectivity index (χ2n) is 4.15. The maximum Gasteiger partial charge on any atom is 0.252 e. The van der Waals surface area contributed by atoms with E-state index in [0.717, 1.165) is 5.56 Å². The van der Waals surface area contributed by atoms with Crippen molar-refractivity contribution in [3.05, 3.63) is 21.9 Å². The fourth-order valence-electron chi connectivity index (χ4n) is 0.975. The monoisotopic (exact) mass is 197 g/mol. The van der Waals surface area contributed by atoms with Gasteiger partial charge in [-0.25, -0.2) is 0 Å². The van der Waals surface area contributed by atoms with Crippen LogP contribution in [0, 0.1) is 6.92 Å². The van der Waals surface area contributed by atoms with E-state index >= 15 is 0 Å². The Labute approximate surface area is 83.0 Å². The van der Waals surface area contributed by atoms with Crippen LogP contribution in [0.4, 0.5) is 0 Å². The van der Waals surface area contributed by atoms with E-state index in [4.69, 9.17) is 0 Å². The number of aryl methyl sites for hydroxylation is 1. The third-order valence-electron chi connectivity index (χ3n) is 1.48. The number of rotatable bonds is 1. The molecule has 0 fully saturated rings. The van der Waals surface area contributed by atoms with Gasteiger partial charge in [-0.05, 0) is 33.8 Å². The van der Waals surface area contributed by atoms with E-state index in [0.29, 0.717) is 0 Å². The zero-order chi connectivity index (χ0) is 10.1. The molecule has 2 nitrogen and oxygen atoms in total. The molecule has 1 aromatic rings. The lowest BCUT2D eigenvalue weighted by Gasteiger charge is -2.19. The third-order valence-corrected chi connectivity index (χ3v) is 2.34. The van der Waals surface area contributed by atoms with Crippen molar-refractivity contribution >= 4 is 17.2 Å². The molecule has 0 saturated heterocycles. The highest BCUT2D eigenvalue weighted by molar-refractivity contribution is 7.10. The number of thiophene rings is 1. The molecular formula is C10H15NOS. The smallest absolute Gasteiger partial charge is 0.252 e. The van der Waals surface area contributed by atoms with Crippen LogP contribution >= 0.6 is 11.3 Å². The van der Waals surface area contributed by atoms with Gasteiger partial charge < -0.3 is 5.32 Å². The third kappa shape index (κ3) is 3.19. The first-order valence-electron chi connectivity index (χ1n) is 4.26. The number of hydrogen-bond acceptors (Lipinski definition) is 2. The Morgan fingerprint density at radius 1 is 1.46 bits per heavy atom. The fourth-order valence-corrected chi connectivity index (χ4v) is 1.66. The van der Waals surface area contributed by atoms with Crippen molar-refractivity contribution in [2.45, 2.75) is 33.2 Å². The van der Waals surface area contributed by atoms with Gasteiger partial charge in [0.1, 0.15) is 0 Å². The van der Waals surface area contributed by atoms with E-state index in [1.807, 2.05) is 39.1 Å². The second kappa shape index (κ2) is 3.50. The molecule has 0 unspecified atom stereocenters. The zero-order valence-electron chi connectivity index (χ0n) is 8.47. The van der Waals surface area contributed by atoms with Crippen LogP contribution in [-0.2, 0) is 0 Å². The molecule has 0 aliphatic carbocycles. The van der Waals surface area contributed by atoms with Crippen molar-refractivity contribution in [3.63, 3.8) is 0 Å². The molecule has 0 saturated carbocycles. The topological polar surface area (TPSA) is 29.1 Å². The summed E-state index contributed by atoms with van der Waals surface area (Å²) < 4.78 is 0. The quantitative estimate of drug-likeness (QED) is 0.736. The lowest BCUT2D eigenvalue weighted by molar-refractivity contribution is 0.0920. The Kier molecular flexibility index (Phi) is 2.76. The summed E-state index contributed by atoms with van der Waals surface area (Å²) in [5.74, 6) is 0.0110. The molecule has 0 atom stereocenters. The summed E-state index contributed by atoms with van der Waals surface area (Å²) in [6.45, 7) is 7.93. The molecule has 13 heavy (non-hydrogen) atoms. The van der Waals surface area contributed by atoms with E-state index in [1.54, 1.807) is 11.3 Å². The highest BCUT2D eigenvalue weighted by Crippen LogP contribution is 2.13. The van der Waals surface area contributed by atoms with Crippen LogP contribution < -0.4 is 5.32 Å². The van der Waals surface area contributed by atoms with Crippen molar-refractivity contribution < 1.29 is 4.79 Å². The van der Waals surface area contributed by atoms with Gasteiger partial charge in [0.15, 0.2) is 0 Å². The Morgan fingerprint density at radius 2 is 2.08 bits per heavy atom. The van der Waals surface area contributed by atoms with E-state index in [1.165, 1.54) is 4.88 Å². The molecule has 1 N–H and O–H groups in total. The molecule has 1 rings (SSSR count). The van der Waals surface area contributed by atoms with Crippen LogP contribution in [0.5, 0.6) is 0 Å². The molecule has 72 valence electrons. The molecule has 0 aliphatic heterocycles. The van der Waals surface area contributed by atoms with Crippen LogP contribution in [-0.4, -0.2) is 11.4 Å². The lowest BCUT2D eigenvalue weighted by atomic mass is 10.1. The zero-order valence-corrected chi connectivity index (χ0v) is 9.29. The van der Waals surface area contributed by atoms with Crippen molar-refractivity contribution in [3.8, 4) is 0 Å². The summed E-state index contributed by atoms with van der Waals surface area (Å²) in [7, 11) is 0. The minimum absolute atomic E-state index is 0.0110. The molecule has 0 radical (unpaired) electrons. The Bertz CT molecular complexity index is 309. The van der Waals surface area contributed by atoms with Gasteiger partial charge in [-0.15, -0.1) is 11.3 Å². The SMILES string of the molecule is Cc1cc(C(=O)NC(C)(C)C)cs1. The Balaban J connectivity index is 2.70. The number of hydrogen-bond donors (Lipinski definition) is 1. The highest BCUT2D eigenvalue weighted by Gasteiger charge is 2.15. The number of amides is 1. The van der Waals surface area contributed by atoms with Gasteiger partial charge >= 0.3 is 0 Å². The molecule has 0 aliphatic rings. The first-order chi connectivity index (χ1) is 5.88. The first kappa shape index (κ1) is 10.3. The van der Waals surface area contributed by atoms with E-state index in [-0.39, 0.29) is 11.4 Å². The van der Waals surface area contributed by atoms with Crippen molar-refractivity contribution in [1.82, 2.24) is 5.32 Å². The van der Waals surface area contributed by atoms with Crippen LogP contribution in [0.25, 0.3) is 0 Å². The first-order valence-corrected chi connectivity index (χ1v) is 5.14. The van der Waals surface area contributed by atoms with Crippen molar-refractivity contribution in [1.29, 1.82) is 0 Å². The number of carbonyl (C=O) groups excluding carboxylic acids is 1. The van der Waals surface area contributed by atoms with Crippen LogP contribution in [0.2, 0.25) is 0 Å². The van der Waals surface area contributed by atoms with Crippen LogP contribution in [0.3, 0.4) is 0 Å². The normalized spacial score (nSPS) is 11.4.